The van der Waals surface area contributed by atoms with E-state index >= 15 is 0 Å². The normalized spacial score (nSPS) is 28.8. The maximum atomic E-state index is 13.8. The largest absolute Gasteiger partial charge is 0.475 e. The van der Waals surface area contributed by atoms with Crippen LogP contribution < -0.4 is 10.1 Å². The second-order valence-corrected chi connectivity index (χ2v) is 11.6. The Morgan fingerprint density at radius 1 is 1.16 bits per heavy atom. The molecule has 0 aromatic heterocycles. The molecule has 0 aliphatic carbocycles. The molecular weight excluding hydrogens is 498 g/mol. The van der Waals surface area contributed by atoms with Crippen LogP contribution in [0.15, 0.2) is 65.3 Å². The number of carbonyl (C=O) groups is 1. The van der Waals surface area contributed by atoms with Gasteiger partial charge < -0.3 is 24.8 Å². The van der Waals surface area contributed by atoms with Gasteiger partial charge in [-0.15, -0.1) is 0 Å². The van der Waals surface area contributed by atoms with Crippen LogP contribution in [-0.4, -0.2) is 59.5 Å². The summed E-state index contributed by atoms with van der Waals surface area (Å²) in [5, 5.41) is 33.2. The van der Waals surface area contributed by atoms with Crippen molar-refractivity contribution in [3.63, 3.8) is 0 Å². The van der Waals surface area contributed by atoms with Crippen LogP contribution in [0.2, 0.25) is 0 Å². The standard InChI is InChI=1S/C27H33NO8S/c1-3-5-13-27(4-2)16-37(33,34)22-14-18(35-26-24(30)20(29)15-21(36-26)25(31)32)11-12-19(22)23(28-27)17-9-7-6-8-10-17/h6-12,14-15,20,23-24,26,28-30H,3-5,13,16H2,1-2H3,(H,31,32)/t20-,23?,24+,26+,27?/m0/s1. The summed E-state index contributed by atoms with van der Waals surface area (Å²) in [6, 6.07) is 13.9. The van der Waals surface area contributed by atoms with Gasteiger partial charge in [-0.2, -0.15) is 0 Å². The van der Waals surface area contributed by atoms with E-state index in [-0.39, 0.29) is 22.4 Å². The van der Waals surface area contributed by atoms with Crippen LogP contribution in [0, 0.1) is 0 Å². The number of sulfone groups is 1. The molecule has 0 radical (unpaired) electrons. The smallest absolute Gasteiger partial charge is 0.371 e. The van der Waals surface area contributed by atoms with E-state index in [0.29, 0.717) is 18.4 Å². The summed E-state index contributed by atoms with van der Waals surface area (Å²) >= 11 is 0. The lowest BCUT2D eigenvalue weighted by Gasteiger charge is -2.35. The summed E-state index contributed by atoms with van der Waals surface area (Å²) in [4.78, 5) is 11.4. The van der Waals surface area contributed by atoms with Gasteiger partial charge in [-0.05, 0) is 42.2 Å². The summed E-state index contributed by atoms with van der Waals surface area (Å²) in [6.45, 7) is 4.07. The fourth-order valence-corrected chi connectivity index (χ4v) is 7.07. The molecule has 2 aliphatic heterocycles. The minimum Gasteiger partial charge on any atom is -0.475 e. The van der Waals surface area contributed by atoms with Crippen molar-refractivity contribution in [3.8, 4) is 5.75 Å². The Bertz CT molecular complexity index is 1260. The molecule has 0 saturated heterocycles. The topological polar surface area (TPSA) is 142 Å². The minimum absolute atomic E-state index is 0.0644. The Labute approximate surface area is 216 Å². The van der Waals surface area contributed by atoms with Crippen molar-refractivity contribution in [2.24, 2.45) is 0 Å². The number of aliphatic hydroxyl groups excluding tert-OH is 2. The highest BCUT2D eigenvalue weighted by Gasteiger charge is 2.42. The Balaban J connectivity index is 1.76. The van der Waals surface area contributed by atoms with Gasteiger partial charge in [0, 0.05) is 5.54 Å². The van der Waals surface area contributed by atoms with Crippen LogP contribution in [0.4, 0.5) is 0 Å². The Kier molecular flexibility index (Phi) is 7.94. The van der Waals surface area contributed by atoms with Crippen molar-refractivity contribution in [1.29, 1.82) is 0 Å². The van der Waals surface area contributed by atoms with E-state index < -0.39 is 45.6 Å². The molecular formula is C27H33NO8S. The Hall–Kier alpha value is -2.92. The summed E-state index contributed by atoms with van der Waals surface area (Å²) in [7, 11) is -3.78. The molecule has 0 amide bonds. The number of carboxylic acids is 1. The second kappa shape index (κ2) is 10.8. The molecule has 5 atom stereocenters. The highest BCUT2D eigenvalue weighted by molar-refractivity contribution is 7.91. The van der Waals surface area contributed by atoms with Crippen LogP contribution in [0.25, 0.3) is 0 Å². The van der Waals surface area contributed by atoms with Crippen LogP contribution in [0.5, 0.6) is 5.75 Å². The number of rotatable bonds is 8. The van der Waals surface area contributed by atoms with Gasteiger partial charge in [0.05, 0.1) is 16.7 Å². The number of hydrogen-bond acceptors (Lipinski definition) is 8. The van der Waals surface area contributed by atoms with Crippen LogP contribution in [-0.2, 0) is 19.4 Å². The van der Waals surface area contributed by atoms with E-state index in [1.165, 1.54) is 6.07 Å². The minimum atomic E-state index is -3.78. The second-order valence-electron chi connectivity index (χ2n) is 9.61. The fourth-order valence-electron chi connectivity index (χ4n) is 4.91. The lowest BCUT2D eigenvalue weighted by Crippen LogP contribution is -2.50. The van der Waals surface area contributed by atoms with Crippen molar-refractivity contribution in [2.75, 3.05) is 5.75 Å². The third-order valence-corrected chi connectivity index (χ3v) is 8.98. The summed E-state index contributed by atoms with van der Waals surface area (Å²) < 4.78 is 38.5. The fraction of sp³-hybridized carbons (Fsp3) is 0.444. The van der Waals surface area contributed by atoms with E-state index in [1.54, 1.807) is 12.1 Å². The molecule has 200 valence electrons. The first-order valence-corrected chi connectivity index (χ1v) is 14.1. The maximum Gasteiger partial charge on any atom is 0.371 e. The maximum absolute atomic E-state index is 13.8. The molecule has 0 fully saturated rings. The monoisotopic (exact) mass is 531 g/mol. The van der Waals surface area contributed by atoms with Crippen LogP contribution in [0.3, 0.4) is 0 Å². The Morgan fingerprint density at radius 3 is 2.54 bits per heavy atom. The molecule has 2 aliphatic rings. The van der Waals surface area contributed by atoms with E-state index in [1.807, 2.05) is 37.3 Å². The molecule has 37 heavy (non-hydrogen) atoms. The van der Waals surface area contributed by atoms with Crippen molar-refractivity contribution in [1.82, 2.24) is 5.32 Å². The van der Waals surface area contributed by atoms with Gasteiger partial charge in [-0.25, -0.2) is 13.2 Å². The van der Waals surface area contributed by atoms with E-state index in [0.717, 1.165) is 24.5 Å². The molecule has 9 nitrogen and oxygen atoms in total. The lowest BCUT2D eigenvalue weighted by atomic mass is 9.88. The van der Waals surface area contributed by atoms with Gasteiger partial charge in [0.2, 0.25) is 5.76 Å². The molecule has 10 heteroatoms. The molecule has 2 unspecified atom stereocenters. The zero-order valence-corrected chi connectivity index (χ0v) is 21.6. The Morgan fingerprint density at radius 2 is 1.89 bits per heavy atom. The number of unbranched alkanes of at least 4 members (excludes halogenated alkanes) is 1. The van der Waals surface area contributed by atoms with Gasteiger partial charge in [0.25, 0.3) is 6.29 Å². The zero-order chi connectivity index (χ0) is 26.8. The molecule has 4 N–H and O–H groups in total. The van der Waals surface area contributed by atoms with E-state index in [9.17, 15) is 28.5 Å². The number of benzene rings is 2. The highest BCUT2D eigenvalue weighted by atomic mass is 32.2. The van der Waals surface area contributed by atoms with Crippen molar-refractivity contribution >= 4 is 15.8 Å². The molecule has 2 aromatic carbocycles. The third kappa shape index (κ3) is 5.67. The van der Waals surface area contributed by atoms with Crippen molar-refractivity contribution in [2.45, 2.75) is 74.5 Å². The number of fused-ring (bicyclic) bond motifs is 1. The third-order valence-electron chi connectivity index (χ3n) is 7.02. The number of aliphatic carboxylic acids is 1. The summed E-state index contributed by atoms with van der Waals surface area (Å²) in [5.74, 6) is -2.02. The number of nitrogens with one attached hydrogen (secondary N) is 1. The zero-order valence-electron chi connectivity index (χ0n) is 20.8. The van der Waals surface area contributed by atoms with Crippen LogP contribution in [0.1, 0.15) is 56.7 Å². The molecule has 2 heterocycles. The number of carboxylic acid groups (broad SMARTS) is 1. The quantitative estimate of drug-likeness (QED) is 0.404. The first kappa shape index (κ1) is 27.1. The molecule has 2 aromatic rings. The van der Waals surface area contributed by atoms with Gasteiger partial charge in [-0.3, -0.25) is 5.32 Å². The van der Waals surface area contributed by atoms with E-state index in [2.05, 4.69) is 12.2 Å². The summed E-state index contributed by atoms with van der Waals surface area (Å²) in [5.41, 5.74) is 0.861. The highest BCUT2D eigenvalue weighted by Crippen LogP contribution is 2.40. The molecule has 0 bridgehead atoms. The number of ether oxygens (including phenoxy) is 2. The molecule has 0 spiro atoms. The van der Waals surface area contributed by atoms with Crippen molar-refractivity contribution in [3.05, 3.63) is 71.5 Å². The van der Waals surface area contributed by atoms with Crippen molar-refractivity contribution < 1.29 is 38.0 Å². The van der Waals surface area contributed by atoms with Gasteiger partial charge in [0.15, 0.2) is 15.9 Å². The van der Waals surface area contributed by atoms with Gasteiger partial charge in [-0.1, -0.05) is 63.1 Å². The van der Waals surface area contributed by atoms with Gasteiger partial charge >= 0.3 is 5.97 Å². The number of hydrogen-bond donors (Lipinski definition) is 4. The lowest BCUT2D eigenvalue weighted by molar-refractivity contribution is -0.172. The predicted octanol–water partition coefficient (Wildman–Crippen LogP) is 2.92. The van der Waals surface area contributed by atoms with Crippen LogP contribution >= 0.6 is 0 Å². The SMILES string of the molecule is CCCCC1(CC)CS(=O)(=O)c2cc(O[C@@H]3OC(C(=O)O)=C[C@H](O)[C@H]3O)ccc2C(c2ccccc2)N1. The van der Waals surface area contributed by atoms with E-state index in [4.69, 9.17) is 9.47 Å². The van der Waals surface area contributed by atoms with Gasteiger partial charge in [0.1, 0.15) is 11.9 Å². The first-order chi connectivity index (χ1) is 17.6. The predicted molar refractivity (Wildman–Crippen MR) is 136 cm³/mol. The average molecular weight is 532 g/mol. The molecule has 0 saturated carbocycles. The summed E-state index contributed by atoms with van der Waals surface area (Å²) in [6.07, 6.45) is -0.621. The average Bonchev–Trinajstić information content (AvgIpc) is 2.98. The number of aliphatic hydroxyl groups is 2. The molecule has 4 rings (SSSR count). The first-order valence-electron chi connectivity index (χ1n) is 12.4.